The maximum absolute atomic E-state index is 13.8. The average Bonchev–Trinajstić information content (AvgIpc) is 3.66. The Morgan fingerprint density at radius 3 is 1.76 bits per heavy atom. The number of thiophene rings is 1. The lowest BCUT2D eigenvalue weighted by Gasteiger charge is -2.49. The molecule has 3 N–H and O–H groups in total. The number of aromatic nitrogens is 2. The van der Waals surface area contributed by atoms with Crippen LogP contribution in [0, 0.1) is 5.82 Å². The minimum absolute atomic E-state index is 0.0181. The normalized spacial score (nSPS) is 16.1. The highest BCUT2D eigenvalue weighted by molar-refractivity contribution is 7.09. The van der Waals surface area contributed by atoms with E-state index in [1.165, 1.54) is 10.9 Å². The fourth-order valence-corrected chi connectivity index (χ4v) is 5.54. The number of carbonyl (C=O) groups is 3. The molecule has 2 aliphatic heterocycles. The van der Waals surface area contributed by atoms with E-state index in [0.717, 1.165) is 62.6 Å². The molecule has 10 nitrogen and oxygen atoms in total. The van der Waals surface area contributed by atoms with Gasteiger partial charge in [-0.15, -0.1) is 11.3 Å². The van der Waals surface area contributed by atoms with E-state index in [1.54, 1.807) is 12.1 Å². The molecule has 5 rings (SSSR count). The zero-order valence-electron chi connectivity index (χ0n) is 25.1. The topological polar surface area (TPSA) is 136 Å². The number of carboxylic acid groups (broad SMARTS) is 3. The van der Waals surface area contributed by atoms with Gasteiger partial charge in [0.25, 0.3) is 0 Å². The van der Waals surface area contributed by atoms with Gasteiger partial charge in [-0.3, -0.25) is 9.80 Å². The van der Waals surface area contributed by atoms with Crippen LogP contribution in [0.5, 0.6) is 0 Å². The molecule has 1 aromatic carbocycles. The minimum atomic E-state index is -5.08. The first kappa shape index (κ1) is 40.9. The van der Waals surface area contributed by atoms with Crippen LogP contribution in [0.15, 0.2) is 48.0 Å². The number of nitrogens with zero attached hydrogens (tertiary/aromatic N) is 4. The van der Waals surface area contributed by atoms with Crippen molar-refractivity contribution in [3.8, 4) is 11.3 Å². The van der Waals surface area contributed by atoms with Crippen LogP contribution >= 0.6 is 11.3 Å². The third kappa shape index (κ3) is 11.7. The van der Waals surface area contributed by atoms with Crippen molar-refractivity contribution >= 4 is 29.2 Å². The monoisotopic (exact) mass is 738 g/mol. The Kier molecular flexibility index (Phi) is 13.7. The van der Waals surface area contributed by atoms with E-state index >= 15 is 0 Å². The minimum Gasteiger partial charge on any atom is -0.475 e. The largest absolute Gasteiger partial charge is 0.490 e. The number of hydrogen-bond acceptors (Lipinski definition) is 7. The number of fused-ring (bicyclic) bond motifs is 2. The van der Waals surface area contributed by atoms with Crippen molar-refractivity contribution in [3.05, 3.63) is 64.5 Å². The van der Waals surface area contributed by atoms with E-state index in [4.69, 9.17) is 34.7 Å². The first-order chi connectivity index (χ1) is 22.5. The van der Waals surface area contributed by atoms with Crippen LogP contribution in [0.1, 0.15) is 23.5 Å². The van der Waals surface area contributed by atoms with Crippen molar-refractivity contribution in [2.24, 2.45) is 0 Å². The molecule has 0 saturated carbocycles. The number of alkyl halides is 9. The van der Waals surface area contributed by atoms with Gasteiger partial charge in [0, 0.05) is 43.2 Å². The summed E-state index contributed by atoms with van der Waals surface area (Å²) in [6.45, 7) is 5.09. The molecule has 49 heavy (non-hydrogen) atoms. The van der Waals surface area contributed by atoms with Gasteiger partial charge >= 0.3 is 36.4 Å². The van der Waals surface area contributed by atoms with Crippen molar-refractivity contribution in [1.29, 1.82) is 0 Å². The summed E-state index contributed by atoms with van der Waals surface area (Å²) in [7, 11) is 2.23. The summed E-state index contributed by atoms with van der Waals surface area (Å²) in [5, 5.41) is 23.5. The van der Waals surface area contributed by atoms with Crippen molar-refractivity contribution in [3.63, 3.8) is 0 Å². The Balaban J connectivity index is 0.000000325. The average molecular weight is 739 g/mol. The molecular formula is C28H28F10N4O6S. The smallest absolute Gasteiger partial charge is 0.475 e. The van der Waals surface area contributed by atoms with Crippen LogP contribution in [-0.2, 0) is 33.0 Å². The van der Waals surface area contributed by atoms with E-state index in [2.05, 4.69) is 38.9 Å². The Bertz CT molecular complexity index is 1490. The van der Waals surface area contributed by atoms with Gasteiger partial charge in [-0.25, -0.2) is 23.8 Å². The summed E-state index contributed by atoms with van der Waals surface area (Å²) in [6, 6.07) is 11.2. The third-order valence-corrected chi connectivity index (χ3v) is 8.01. The van der Waals surface area contributed by atoms with Crippen molar-refractivity contribution in [2.45, 2.75) is 50.0 Å². The molecule has 2 aromatic heterocycles. The molecule has 1 saturated heterocycles. The molecule has 1 spiro atoms. The second-order valence-electron chi connectivity index (χ2n) is 10.3. The molecule has 3 aromatic rings. The lowest BCUT2D eigenvalue weighted by Crippen LogP contribution is -2.56. The molecule has 2 aliphatic rings. The summed E-state index contributed by atoms with van der Waals surface area (Å²) in [4.78, 5) is 38.0. The fraction of sp³-hybridized carbons (Fsp3) is 0.429. The number of halogens is 10. The molecule has 0 atom stereocenters. The van der Waals surface area contributed by atoms with Crippen LogP contribution < -0.4 is 0 Å². The molecular weight excluding hydrogens is 710 g/mol. The molecule has 0 amide bonds. The van der Waals surface area contributed by atoms with Crippen molar-refractivity contribution in [1.82, 2.24) is 19.4 Å². The van der Waals surface area contributed by atoms with Gasteiger partial charge in [-0.2, -0.15) is 39.5 Å². The van der Waals surface area contributed by atoms with Crippen LogP contribution in [0.25, 0.3) is 11.3 Å². The predicted molar refractivity (Wildman–Crippen MR) is 152 cm³/mol. The summed E-state index contributed by atoms with van der Waals surface area (Å²) in [5.74, 6) is -7.32. The Labute approximate surface area is 274 Å². The molecule has 1 fully saturated rings. The van der Waals surface area contributed by atoms with Gasteiger partial charge in [-0.1, -0.05) is 18.2 Å². The van der Waals surface area contributed by atoms with E-state index < -0.39 is 36.4 Å². The number of rotatable bonds is 3. The van der Waals surface area contributed by atoms with Gasteiger partial charge in [0.05, 0.1) is 17.4 Å². The standard InChI is InChI=1S/C22H25FN4S.3C2HF3O2/c1-25-11-12-27-20(17-4-2-5-18(23)14-17)15-24-21(27)22(25)7-9-26(10-8-22)16-19-6-3-13-28-19;3*3-2(4,5)1(6)7/h2-6,13-15H,7-12,16H2,1H3;3*(H,6,7). The van der Waals surface area contributed by atoms with Gasteiger partial charge in [-0.05, 0) is 43.5 Å². The van der Waals surface area contributed by atoms with Crippen molar-refractivity contribution in [2.75, 3.05) is 26.7 Å². The number of imidazole rings is 1. The Hall–Kier alpha value is -4.24. The number of benzene rings is 1. The van der Waals surface area contributed by atoms with E-state index in [1.807, 2.05) is 23.6 Å². The number of piperidine rings is 1. The Morgan fingerprint density at radius 2 is 1.33 bits per heavy atom. The third-order valence-electron chi connectivity index (χ3n) is 7.15. The van der Waals surface area contributed by atoms with E-state index in [-0.39, 0.29) is 11.4 Å². The highest BCUT2D eigenvalue weighted by atomic mass is 32.1. The molecule has 272 valence electrons. The quantitative estimate of drug-likeness (QED) is 0.273. The maximum atomic E-state index is 13.8. The van der Waals surface area contributed by atoms with Gasteiger partial charge in [0.1, 0.15) is 11.6 Å². The molecule has 0 aliphatic carbocycles. The molecule has 4 heterocycles. The highest BCUT2D eigenvalue weighted by Gasteiger charge is 2.46. The van der Waals surface area contributed by atoms with Crippen LogP contribution in [0.2, 0.25) is 0 Å². The predicted octanol–water partition coefficient (Wildman–Crippen LogP) is 6.09. The zero-order chi connectivity index (χ0) is 37.4. The summed E-state index contributed by atoms with van der Waals surface area (Å²) < 4.78 is 111. The number of carboxylic acids is 3. The molecule has 21 heteroatoms. The molecule has 0 radical (unpaired) electrons. The molecule has 0 unspecified atom stereocenters. The zero-order valence-corrected chi connectivity index (χ0v) is 25.9. The van der Waals surface area contributed by atoms with E-state index in [9.17, 15) is 43.9 Å². The summed E-state index contributed by atoms with van der Waals surface area (Å²) >= 11 is 1.84. The number of aliphatic carboxylic acids is 3. The lowest BCUT2D eigenvalue weighted by atomic mass is 9.83. The maximum Gasteiger partial charge on any atom is 0.490 e. The van der Waals surface area contributed by atoms with Gasteiger partial charge in [0.2, 0.25) is 0 Å². The van der Waals surface area contributed by atoms with Gasteiger partial charge in [0.15, 0.2) is 0 Å². The summed E-state index contributed by atoms with van der Waals surface area (Å²) in [6.07, 6.45) is -11.2. The first-order valence-corrected chi connectivity index (χ1v) is 14.5. The summed E-state index contributed by atoms with van der Waals surface area (Å²) in [5.41, 5.74) is 1.92. The Morgan fingerprint density at radius 1 is 0.816 bits per heavy atom. The highest BCUT2D eigenvalue weighted by Crippen LogP contribution is 2.42. The lowest BCUT2D eigenvalue weighted by molar-refractivity contribution is -0.193. The second-order valence-corrected chi connectivity index (χ2v) is 11.4. The van der Waals surface area contributed by atoms with Crippen molar-refractivity contribution < 1.29 is 73.6 Å². The molecule has 0 bridgehead atoms. The SMILES string of the molecule is CN1CCn2c(-c3cccc(F)c3)cnc2C12CCN(Cc1cccs1)CC2.O=C(O)C(F)(F)F.O=C(O)C(F)(F)F.O=C(O)C(F)(F)F. The number of likely N-dealkylation sites (tertiary alicyclic amines) is 1. The van der Waals surface area contributed by atoms with Crippen LogP contribution in [-0.4, -0.2) is 97.8 Å². The van der Waals surface area contributed by atoms with Crippen LogP contribution in [0.4, 0.5) is 43.9 Å². The first-order valence-electron chi connectivity index (χ1n) is 13.7. The second kappa shape index (κ2) is 16.4. The van der Waals surface area contributed by atoms with Gasteiger partial charge < -0.3 is 19.9 Å². The van der Waals surface area contributed by atoms with E-state index in [0.29, 0.717) is 0 Å². The number of likely N-dealkylation sites (N-methyl/N-ethyl adjacent to an activating group) is 1. The number of hydrogen-bond donors (Lipinski definition) is 3. The fourth-order valence-electron chi connectivity index (χ4n) is 4.80. The van der Waals surface area contributed by atoms with Crippen LogP contribution in [0.3, 0.4) is 0 Å².